The van der Waals surface area contributed by atoms with Crippen LogP contribution in [0.5, 0.6) is 0 Å². The average molecular weight is 395 g/mol. The number of hydrogen-bond acceptors (Lipinski definition) is 5. The normalized spacial score (nSPS) is 21.3. The summed E-state index contributed by atoms with van der Waals surface area (Å²) in [4.78, 5) is 42.0. The molecule has 1 aliphatic rings. The van der Waals surface area contributed by atoms with E-state index in [4.69, 9.17) is 11.3 Å². The van der Waals surface area contributed by atoms with Crippen molar-refractivity contribution in [2.24, 2.45) is 5.92 Å². The molecule has 2 aromatic heterocycles. The highest BCUT2D eigenvalue weighted by Crippen LogP contribution is 2.34. The third-order valence-electron chi connectivity index (χ3n) is 5.51. The summed E-state index contributed by atoms with van der Waals surface area (Å²) in [5, 5.41) is 0. The van der Waals surface area contributed by atoms with Crippen LogP contribution in [0.2, 0.25) is 0 Å². The number of Topliss-reactive ketones (excluding diaryl/α,β-unsaturated/α-hetero) is 1. The second kappa shape index (κ2) is 8.53. The number of ketones is 1. The van der Waals surface area contributed by atoms with Crippen molar-refractivity contribution in [3.05, 3.63) is 47.7 Å². The van der Waals surface area contributed by atoms with Gasteiger partial charge in [0.2, 0.25) is 5.91 Å². The van der Waals surface area contributed by atoms with Gasteiger partial charge in [0.05, 0.1) is 29.9 Å². The fourth-order valence-electron chi connectivity index (χ4n) is 3.75. The number of amides is 1. The molecule has 3 heterocycles. The van der Waals surface area contributed by atoms with Crippen LogP contribution in [-0.4, -0.2) is 63.9 Å². The van der Waals surface area contributed by atoms with Crippen LogP contribution < -0.4 is 0 Å². The lowest BCUT2D eigenvalue weighted by Crippen LogP contribution is -2.33. The first kappa shape index (κ1) is 20.7. The van der Waals surface area contributed by atoms with Gasteiger partial charge in [0.1, 0.15) is 5.52 Å². The van der Waals surface area contributed by atoms with Crippen molar-refractivity contribution >= 4 is 22.9 Å². The number of aromatic nitrogens is 3. The summed E-state index contributed by atoms with van der Waals surface area (Å²) in [6.07, 6.45) is 6.12. The number of likely N-dealkylation sites (tertiary alicyclic amines) is 1. The molecule has 1 amide bonds. The average Bonchev–Trinajstić information content (AvgIpc) is 3.29. The molecule has 8 heteroatoms. The Morgan fingerprint density at radius 3 is 3.03 bits per heavy atom. The number of H-pyrrole nitrogens is 1. The Labute approximate surface area is 169 Å². The molecule has 29 heavy (non-hydrogen) atoms. The molecule has 0 saturated carbocycles. The predicted molar refractivity (Wildman–Crippen MR) is 108 cm³/mol. The summed E-state index contributed by atoms with van der Waals surface area (Å²) in [5.74, 6) is -0.247. The SMILES string of the molecule is [C-]#[N+][C@@]1(C)CN(C(=O)C=C)C[C@@H]1Cc1cnc2[nH]cc(C(=O)CCCOC)c2n1. The minimum Gasteiger partial charge on any atom is -0.385 e. The Kier molecular flexibility index (Phi) is 6.09. The van der Waals surface area contributed by atoms with E-state index in [9.17, 15) is 9.59 Å². The summed E-state index contributed by atoms with van der Waals surface area (Å²) in [6, 6.07) is 0. The number of hydrogen-bond donors (Lipinski definition) is 1. The zero-order chi connectivity index (χ0) is 21.0. The van der Waals surface area contributed by atoms with E-state index in [1.807, 2.05) is 6.92 Å². The van der Waals surface area contributed by atoms with Gasteiger partial charge >= 0.3 is 0 Å². The van der Waals surface area contributed by atoms with Gasteiger partial charge in [-0.2, -0.15) is 0 Å². The van der Waals surface area contributed by atoms with Crippen LogP contribution in [0.1, 0.15) is 35.8 Å². The Bertz CT molecular complexity index is 976. The first-order valence-electron chi connectivity index (χ1n) is 9.57. The molecule has 152 valence electrons. The van der Waals surface area contributed by atoms with E-state index < -0.39 is 5.54 Å². The van der Waals surface area contributed by atoms with Crippen LogP contribution in [-0.2, 0) is 16.0 Å². The molecule has 1 N–H and O–H groups in total. The third kappa shape index (κ3) is 4.20. The van der Waals surface area contributed by atoms with Gasteiger partial charge in [-0.25, -0.2) is 16.5 Å². The van der Waals surface area contributed by atoms with Gasteiger partial charge in [-0.15, -0.1) is 0 Å². The van der Waals surface area contributed by atoms with Crippen molar-refractivity contribution in [2.75, 3.05) is 26.8 Å². The molecule has 2 aromatic rings. The van der Waals surface area contributed by atoms with Gasteiger partial charge in [-0.1, -0.05) is 6.58 Å². The van der Waals surface area contributed by atoms with Crippen LogP contribution in [0.25, 0.3) is 16.0 Å². The highest BCUT2D eigenvalue weighted by molar-refractivity contribution is 6.05. The van der Waals surface area contributed by atoms with Gasteiger partial charge in [0, 0.05) is 46.2 Å². The first-order valence-corrected chi connectivity index (χ1v) is 9.57. The molecule has 1 fully saturated rings. The summed E-state index contributed by atoms with van der Waals surface area (Å²) in [7, 11) is 1.61. The summed E-state index contributed by atoms with van der Waals surface area (Å²) < 4.78 is 5.01. The van der Waals surface area contributed by atoms with E-state index in [1.165, 1.54) is 6.08 Å². The number of methoxy groups -OCH3 is 1. The van der Waals surface area contributed by atoms with E-state index >= 15 is 0 Å². The Hall–Kier alpha value is -3.05. The molecule has 1 aliphatic heterocycles. The molecule has 8 nitrogen and oxygen atoms in total. The van der Waals surface area contributed by atoms with Crippen molar-refractivity contribution in [1.82, 2.24) is 19.9 Å². The van der Waals surface area contributed by atoms with Gasteiger partial charge in [-0.3, -0.25) is 9.59 Å². The lowest BCUT2D eigenvalue weighted by Gasteiger charge is -2.17. The second-order valence-electron chi connectivity index (χ2n) is 7.57. The summed E-state index contributed by atoms with van der Waals surface area (Å²) >= 11 is 0. The summed E-state index contributed by atoms with van der Waals surface area (Å²) in [6.45, 7) is 14.4. The fraction of sp³-hybridized carbons (Fsp3) is 0.476. The van der Waals surface area contributed by atoms with Gasteiger partial charge in [0.25, 0.3) is 5.54 Å². The maximum absolute atomic E-state index is 12.5. The number of nitrogens with zero attached hydrogens (tertiary/aromatic N) is 4. The zero-order valence-corrected chi connectivity index (χ0v) is 16.8. The number of carbonyl (C=O) groups is 2. The molecular weight excluding hydrogens is 370 g/mol. The molecule has 1 saturated heterocycles. The van der Waals surface area contributed by atoms with E-state index in [0.717, 1.165) is 0 Å². The molecule has 0 spiro atoms. The predicted octanol–water partition coefficient (Wildman–Crippen LogP) is 2.43. The highest BCUT2D eigenvalue weighted by Gasteiger charge is 2.50. The maximum atomic E-state index is 12.5. The number of ether oxygens (including phenoxy) is 1. The highest BCUT2D eigenvalue weighted by atomic mass is 16.5. The molecular formula is C21H25N5O3. The molecule has 0 unspecified atom stereocenters. The number of rotatable bonds is 8. The second-order valence-corrected chi connectivity index (χ2v) is 7.57. The molecule has 0 aliphatic carbocycles. The van der Waals surface area contributed by atoms with Crippen molar-refractivity contribution in [3.8, 4) is 0 Å². The Balaban J connectivity index is 1.82. The Morgan fingerprint density at radius 2 is 2.34 bits per heavy atom. The van der Waals surface area contributed by atoms with Gasteiger partial charge in [-0.05, 0) is 12.5 Å². The van der Waals surface area contributed by atoms with Crippen LogP contribution in [0.4, 0.5) is 0 Å². The van der Waals surface area contributed by atoms with Crippen molar-refractivity contribution in [1.29, 1.82) is 0 Å². The topological polar surface area (TPSA) is 92.5 Å². The van der Waals surface area contributed by atoms with Crippen LogP contribution in [0.3, 0.4) is 0 Å². The van der Waals surface area contributed by atoms with E-state index in [1.54, 1.807) is 24.4 Å². The molecule has 0 aromatic carbocycles. The van der Waals surface area contributed by atoms with Gasteiger partial charge in [0.15, 0.2) is 11.4 Å². The number of fused-ring (bicyclic) bond motifs is 1. The molecule has 2 atom stereocenters. The monoisotopic (exact) mass is 395 g/mol. The van der Waals surface area contributed by atoms with E-state index in [0.29, 0.717) is 61.4 Å². The smallest absolute Gasteiger partial charge is 0.251 e. The zero-order valence-electron chi connectivity index (χ0n) is 16.8. The fourth-order valence-corrected chi connectivity index (χ4v) is 3.75. The molecule has 0 bridgehead atoms. The Morgan fingerprint density at radius 1 is 1.55 bits per heavy atom. The van der Waals surface area contributed by atoms with Gasteiger partial charge < -0.3 is 19.5 Å². The summed E-state index contributed by atoms with van der Waals surface area (Å²) in [5.41, 5.74) is 1.65. The number of nitrogens with one attached hydrogen (secondary N) is 1. The van der Waals surface area contributed by atoms with Crippen molar-refractivity contribution < 1.29 is 14.3 Å². The minimum absolute atomic E-state index is 0.00522. The lowest BCUT2D eigenvalue weighted by atomic mass is 9.86. The van der Waals surface area contributed by atoms with Crippen LogP contribution in [0.15, 0.2) is 25.0 Å². The van der Waals surface area contributed by atoms with Crippen molar-refractivity contribution in [2.45, 2.75) is 31.7 Å². The third-order valence-corrected chi connectivity index (χ3v) is 5.51. The first-order chi connectivity index (χ1) is 13.9. The number of carbonyl (C=O) groups excluding carboxylic acids is 2. The minimum atomic E-state index is -0.688. The molecule has 3 rings (SSSR count). The van der Waals surface area contributed by atoms with Crippen LogP contribution >= 0.6 is 0 Å². The standard InChI is InChI=1S/C21H25N5O3/c1-5-18(28)26-12-14(21(2,13-26)22-3)9-15-10-23-20-19(25-15)16(11-24-20)17(27)7-6-8-29-4/h5,10-11,14H,1,6-9,12-13H2,2,4H3,(H,23,24)/t14-,21-/m0/s1. The quantitative estimate of drug-likeness (QED) is 0.321. The van der Waals surface area contributed by atoms with E-state index in [-0.39, 0.29) is 17.6 Å². The molecule has 0 radical (unpaired) electrons. The van der Waals surface area contributed by atoms with Crippen LogP contribution in [0, 0.1) is 12.5 Å². The van der Waals surface area contributed by atoms with E-state index in [2.05, 4.69) is 26.4 Å². The maximum Gasteiger partial charge on any atom is 0.251 e. The lowest BCUT2D eigenvalue weighted by molar-refractivity contribution is -0.125. The largest absolute Gasteiger partial charge is 0.385 e. The van der Waals surface area contributed by atoms with Crippen molar-refractivity contribution in [3.63, 3.8) is 0 Å². The number of aromatic amines is 1.